The van der Waals surface area contributed by atoms with Crippen LogP contribution in [-0.4, -0.2) is 27.3 Å². The van der Waals surface area contributed by atoms with Crippen molar-refractivity contribution >= 4 is 29.3 Å². The van der Waals surface area contributed by atoms with E-state index in [1.165, 1.54) is 17.8 Å². The average Bonchev–Trinajstić information content (AvgIpc) is 3.30. The molecule has 0 fully saturated rings. The van der Waals surface area contributed by atoms with Crippen LogP contribution in [0.2, 0.25) is 0 Å². The molecule has 1 aromatic heterocycles. The molecule has 3 aromatic carbocycles. The molecule has 38 heavy (non-hydrogen) atoms. The fraction of sp³-hybridized carbons (Fsp3) is 0.207. The first-order valence-corrected chi connectivity index (χ1v) is 13.3. The Balaban J connectivity index is 1.51. The van der Waals surface area contributed by atoms with Gasteiger partial charge >= 0.3 is 0 Å². The number of benzene rings is 3. The fourth-order valence-electron chi connectivity index (χ4n) is 4.41. The summed E-state index contributed by atoms with van der Waals surface area (Å²) in [6.07, 6.45) is 0. The van der Waals surface area contributed by atoms with Gasteiger partial charge in [-0.3, -0.25) is 4.79 Å². The van der Waals surface area contributed by atoms with Crippen LogP contribution < -0.4 is 15.4 Å². The molecule has 7 nitrogen and oxygen atoms in total. The molecule has 1 aliphatic rings. The number of nitrogens with one attached hydrogen (secondary N) is 2. The molecule has 0 saturated heterocycles. The van der Waals surface area contributed by atoms with Crippen molar-refractivity contribution in [3.8, 4) is 5.75 Å². The van der Waals surface area contributed by atoms with Crippen LogP contribution in [0.25, 0.3) is 0 Å². The summed E-state index contributed by atoms with van der Waals surface area (Å²) in [5.74, 6) is 1.09. The molecule has 194 valence electrons. The Kier molecular flexibility index (Phi) is 7.46. The molecule has 0 spiro atoms. The van der Waals surface area contributed by atoms with Gasteiger partial charge in [0.25, 0.3) is 5.91 Å². The first kappa shape index (κ1) is 25.5. The average molecular weight is 530 g/mol. The Bertz CT molecular complexity index is 1520. The van der Waals surface area contributed by atoms with E-state index in [4.69, 9.17) is 9.84 Å². The van der Waals surface area contributed by atoms with Gasteiger partial charge in [-0.1, -0.05) is 54.2 Å². The summed E-state index contributed by atoms with van der Waals surface area (Å²) in [5, 5.41) is 11.5. The lowest BCUT2D eigenvalue weighted by molar-refractivity contribution is -0.113. The molecular weight excluding hydrogens is 501 g/mol. The van der Waals surface area contributed by atoms with Crippen LogP contribution in [-0.2, 0) is 10.5 Å². The van der Waals surface area contributed by atoms with Crippen molar-refractivity contribution in [2.75, 3.05) is 17.2 Å². The van der Waals surface area contributed by atoms with Gasteiger partial charge in [-0.15, -0.1) is 5.10 Å². The van der Waals surface area contributed by atoms with E-state index in [1.807, 2.05) is 69.3 Å². The number of thioether (sulfide) groups is 1. The number of carbonyl (C=O) groups excluding carboxylic acids is 1. The number of amides is 1. The van der Waals surface area contributed by atoms with Crippen molar-refractivity contribution < 1.29 is 13.9 Å². The zero-order valence-electron chi connectivity index (χ0n) is 21.4. The molecule has 0 bridgehead atoms. The lowest BCUT2D eigenvalue weighted by atomic mass is 9.94. The van der Waals surface area contributed by atoms with Gasteiger partial charge < -0.3 is 15.4 Å². The topological polar surface area (TPSA) is 81.1 Å². The van der Waals surface area contributed by atoms with Gasteiger partial charge in [0.2, 0.25) is 11.1 Å². The van der Waals surface area contributed by atoms with Crippen molar-refractivity contribution in [2.45, 2.75) is 37.7 Å². The normalized spacial score (nSPS) is 14.6. The Labute approximate surface area is 225 Å². The maximum Gasteiger partial charge on any atom is 0.255 e. The summed E-state index contributed by atoms with van der Waals surface area (Å²) in [5.41, 5.74) is 4.36. The van der Waals surface area contributed by atoms with Crippen LogP contribution >= 0.6 is 11.8 Å². The number of anilines is 2. The molecule has 1 unspecified atom stereocenters. The summed E-state index contributed by atoms with van der Waals surface area (Å²) in [4.78, 5) is 18.4. The van der Waals surface area contributed by atoms with E-state index in [9.17, 15) is 9.18 Å². The molecule has 1 amide bonds. The van der Waals surface area contributed by atoms with Gasteiger partial charge in [0.15, 0.2) is 0 Å². The predicted molar refractivity (Wildman–Crippen MR) is 148 cm³/mol. The van der Waals surface area contributed by atoms with Crippen LogP contribution in [0.15, 0.2) is 89.2 Å². The number of fused-ring (bicyclic) bond motifs is 1. The van der Waals surface area contributed by atoms with E-state index >= 15 is 0 Å². The number of carbonyl (C=O) groups is 1. The highest BCUT2D eigenvalue weighted by Crippen LogP contribution is 2.38. The second-order valence-electron chi connectivity index (χ2n) is 8.94. The van der Waals surface area contributed by atoms with E-state index in [-0.39, 0.29) is 11.7 Å². The number of hydrogen-bond acceptors (Lipinski definition) is 6. The maximum atomic E-state index is 14.2. The predicted octanol–water partition coefficient (Wildman–Crippen LogP) is 6.34. The molecular formula is C29H28FN5O2S. The maximum absolute atomic E-state index is 14.2. The molecule has 1 atom stereocenters. The van der Waals surface area contributed by atoms with E-state index in [0.717, 1.165) is 11.1 Å². The van der Waals surface area contributed by atoms with E-state index in [1.54, 1.807) is 22.9 Å². The Morgan fingerprint density at radius 2 is 1.92 bits per heavy atom. The van der Waals surface area contributed by atoms with Gasteiger partial charge in [0.1, 0.15) is 17.6 Å². The largest absolute Gasteiger partial charge is 0.494 e. The number of aryl methyl sites for hydroxylation is 1. The highest BCUT2D eigenvalue weighted by Gasteiger charge is 2.34. The number of nitrogens with zero attached hydrogens (tertiary/aromatic N) is 3. The molecule has 4 aromatic rings. The Hall–Kier alpha value is -4.11. The molecule has 5 rings (SSSR count). The summed E-state index contributed by atoms with van der Waals surface area (Å²) in [6, 6.07) is 21.4. The number of halogens is 1. The van der Waals surface area contributed by atoms with Crippen LogP contribution in [0.5, 0.6) is 5.75 Å². The van der Waals surface area contributed by atoms with E-state index in [0.29, 0.717) is 51.7 Å². The second kappa shape index (κ2) is 11.1. The van der Waals surface area contributed by atoms with Crippen molar-refractivity contribution in [1.82, 2.24) is 14.8 Å². The minimum absolute atomic E-state index is 0.242. The lowest BCUT2D eigenvalue weighted by Crippen LogP contribution is -2.31. The number of aromatic nitrogens is 3. The van der Waals surface area contributed by atoms with Crippen molar-refractivity contribution in [3.05, 3.63) is 107 Å². The van der Waals surface area contributed by atoms with E-state index < -0.39 is 6.04 Å². The highest BCUT2D eigenvalue weighted by atomic mass is 32.2. The number of rotatable bonds is 8. The van der Waals surface area contributed by atoms with Gasteiger partial charge in [0.05, 0.1) is 12.2 Å². The minimum Gasteiger partial charge on any atom is -0.494 e. The van der Waals surface area contributed by atoms with Crippen LogP contribution in [0.4, 0.5) is 16.0 Å². The Morgan fingerprint density at radius 3 is 2.71 bits per heavy atom. The van der Waals surface area contributed by atoms with Gasteiger partial charge in [0, 0.05) is 17.1 Å². The zero-order valence-corrected chi connectivity index (χ0v) is 22.2. The molecule has 2 heterocycles. The minimum atomic E-state index is -0.549. The molecule has 2 N–H and O–H groups in total. The Morgan fingerprint density at radius 1 is 1.11 bits per heavy atom. The van der Waals surface area contributed by atoms with Gasteiger partial charge in [-0.25, -0.2) is 9.07 Å². The third kappa shape index (κ3) is 5.43. The lowest BCUT2D eigenvalue weighted by Gasteiger charge is -2.29. The smallest absolute Gasteiger partial charge is 0.255 e. The number of ether oxygens (including phenoxy) is 1. The number of allylic oxidation sites excluding steroid dienone is 1. The summed E-state index contributed by atoms with van der Waals surface area (Å²) >= 11 is 1.34. The van der Waals surface area contributed by atoms with Crippen molar-refractivity contribution in [3.63, 3.8) is 0 Å². The molecule has 0 radical (unpaired) electrons. The quantitative estimate of drug-likeness (QED) is 0.259. The van der Waals surface area contributed by atoms with Gasteiger partial charge in [-0.05, 0) is 67.8 Å². The van der Waals surface area contributed by atoms with Crippen molar-refractivity contribution in [1.29, 1.82) is 0 Å². The third-order valence-corrected chi connectivity index (χ3v) is 7.04. The molecule has 0 saturated carbocycles. The van der Waals surface area contributed by atoms with Gasteiger partial charge in [-0.2, -0.15) is 4.98 Å². The standard InChI is InChI=1S/C29H28FN5O2S/c1-4-37-23-13-8-11-20(16-23)26-25(27(36)32-22-12-7-9-18(2)15-22)19(3)31-28-33-29(34-35(26)28)38-17-21-10-5-6-14-24(21)30/h5-16,26H,4,17H2,1-3H3,(H,32,36)(H,31,33,34). The highest BCUT2D eigenvalue weighted by molar-refractivity contribution is 7.98. The second-order valence-corrected chi connectivity index (χ2v) is 9.88. The molecule has 0 aliphatic carbocycles. The van der Waals surface area contributed by atoms with E-state index in [2.05, 4.69) is 15.6 Å². The third-order valence-electron chi connectivity index (χ3n) is 6.15. The van der Waals surface area contributed by atoms with Crippen LogP contribution in [0, 0.1) is 12.7 Å². The summed E-state index contributed by atoms with van der Waals surface area (Å²) in [7, 11) is 0. The van der Waals surface area contributed by atoms with Crippen LogP contribution in [0.3, 0.4) is 0 Å². The number of hydrogen-bond donors (Lipinski definition) is 2. The first-order chi connectivity index (χ1) is 18.4. The van der Waals surface area contributed by atoms with Crippen molar-refractivity contribution in [2.24, 2.45) is 0 Å². The molecule has 1 aliphatic heterocycles. The SMILES string of the molecule is CCOc1cccc(C2C(C(=O)Nc3cccc(C)c3)=C(C)Nc3nc(SCc4ccccc4F)nn32)c1. The summed E-state index contributed by atoms with van der Waals surface area (Å²) < 4.78 is 21.6. The summed E-state index contributed by atoms with van der Waals surface area (Å²) in [6.45, 7) is 6.29. The fourth-order valence-corrected chi connectivity index (χ4v) is 5.23. The monoisotopic (exact) mass is 529 g/mol. The first-order valence-electron chi connectivity index (χ1n) is 12.3. The van der Waals surface area contributed by atoms with Crippen LogP contribution in [0.1, 0.15) is 36.6 Å². The zero-order chi connectivity index (χ0) is 26.6. The molecule has 9 heteroatoms.